The van der Waals surface area contributed by atoms with E-state index in [0.29, 0.717) is 5.92 Å². The SMILES string of the molecule is CC(N)C1CCN(C(C)c2ccc(F)c(F)c2)CC1. The molecule has 0 bridgehead atoms. The number of piperidine rings is 1. The minimum absolute atomic E-state index is 0.115. The average molecular weight is 268 g/mol. The summed E-state index contributed by atoms with van der Waals surface area (Å²) in [6, 6.07) is 4.53. The van der Waals surface area contributed by atoms with Gasteiger partial charge in [0.2, 0.25) is 0 Å². The third-order valence-electron chi connectivity index (χ3n) is 4.29. The lowest BCUT2D eigenvalue weighted by Gasteiger charge is -2.37. The monoisotopic (exact) mass is 268 g/mol. The summed E-state index contributed by atoms with van der Waals surface area (Å²) in [5.74, 6) is -0.977. The van der Waals surface area contributed by atoms with Crippen molar-refractivity contribution in [2.24, 2.45) is 11.7 Å². The standard InChI is InChI=1S/C15H22F2N2/c1-10(18)12-5-7-19(8-6-12)11(2)13-3-4-14(16)15(17)9-13/h3-4,9-12H,5-8,18H2,1-2H3. The number of benzene rings is 1. The van der Waals surface area contributed by atoms with Crippen LogP contribution in [0.25, 0.3) is 0 Å². The molecule has 19 heavy (non-hydrogen) atoms. The van der Waals surface area contributed by atoms with Crippen LogP contribution in [-0.4, -0.2) is 24.0 Å². The molecule has 1 fully saturated rings. The van der Waals surface area contributed by atoms with Crippen LogP contribution in [0.15, 0.2) is 18.2 Å². The van der Waals surface area contributed by atoms with Crippen LogP contribution in [0.3, 0.4) is 0 Å². The van der Waals surface area contributed by atoms with E-state index in [0.717, 1.165) is 31.5 Å². The Morgan fingerprint density at radius 3 is 2.32 bits per heavy atom. The first-order chi connectivity index (χ1) is 8.99. The summed E-state index contributed by atoms with van der Waals surface area (Å²) in [4.78, 5) is 2.31. The van der Waals surface area contributed by atoms with Crippen LogP contribution in [0, 0.1) is 17.6 Å². The van der Waals surface area contributed by atoms with E-state index in [4.69, 9.17) is 5.73 Å². The summed E-state index contributed by atoms with van der Waals surface area (Å²) in [5, 5.41) is 0. The van der Waals surface area contributed by atoms with Gasteiger partial charge in [0.15, 0.2) is 11.6 Å². The summed E-state index contributed by atoms with van der Waals surface area (Å²) in [5.41, 5.74) is 6.76. The van der Waals surface area contributed by atoms with E-state index in [2.05, 4.69) is 11.8 Å². The molecular formula is C15H22F2N2. The molecule has 1 aromatic carbocycles. The molecule has 2 atom stereocenters. The quantitative estimate of drug-likeness (QED) is 0.912. The largest absolute Gasteiger partial charge is 0.328 e. The number of hydrogen-bond acceptors (Lipinski definition) is 2. The third-order valence-corrected chi connectivity index (χ3v) is 4.29. The molecule has 1 aliphatic heterocycles. The first kappa shape index (κ1) is 14.4. The lowest BCUT2D eigenvalue weighted by Crippen LogP contribution is -2.40. The van der Waals surface area contributed by atoms with Crippen LogP contribution in [0.2, 0.25) is 0 Å². The Labute approximate surface area is 113 Å². The normalized spacial score (nSPS) is 21.3. The Morgan fingerprint density at radius 1 is 1.16 bits per heavy atom. The first-order valence-electron chi connectivity index (χ1n) is 6.93. The molecule has 2 unspecified atom stereocenters. The van der Waals surface area contributed by atoms with Gasteiger partial charge in [-0.15, -0.1) is 0 Å². The fourth-order valence-electron chi connectivity index (χ4n) is 2.82. The van der Waals surface area contributed by atoms with E-state index < -0.39 is 11.6 Å². The van der Waals surface area contributed by atoms with E-state index in [1.165, 1.54) is 12.1 Å². The van der Waals surface area contributed by atoms with Crippen LogP contribution in [0.1, 0.15) is 38.3 Å². The molecule has 1 heterocycles. The van der Waals surface area contributed by atoms with Gasteiger partial charge >= 0.3 is 0 Å². The molecule has 1 saturated heterocycles. The van der Waals surface area contributed by atoms with E-state index in [9.17, 15) is 8.78 Å². The highest BCUT2D eigenvalue weighted by atomic mass is 19.2. The summed E-state index contributed by atoms with van der Waals surface area (Å²) in [6.07, 6.45) is 2.15. The molecule has 0 aromatic heterocycles. The maximum atomic E-state index is 13.3. The number of likely N-dealkylation sites (tertiary alicyclic amines) is 1. The van der Waals surface area contributed by atoms with Crippen molar-refractivity contribution in [2.45, 2.75) is 38.8 Å². The van der Waals surface area contributed by atoms with Gasteiger partial charge in [-0.3, -0.25) is 4.90 Å². The zero-order valence-corrected chi connectivity index (χ0v) is 11.6. The third kappa shape index (κ3) is 3.31. The van der Waals surface area contributed by atoms with Crippen molar-refractivity contribution in [3.05, 3.63) is 35.4 Å². The van der Waals surface area contributed by atoms with Gasteiger partial charge in [-0.05, 0) is 63.4 Å². The fraction of sp³-hybridized carbons (Fsp3) is 0.600. The summed E-state index contributed by atoms with van der Waals surface area (Å²) >= 11 is 0. The van der Waals surface area contributed by atoms with Gasteiger partial charge in [-0.2, -0.15) is 0 Å². The summed E-state index contributed by atoms with van der Waals surface area (Å²) < 4.78 is 26.2. The second-order valence-corrected chi connectivity index (χ2v) is 5.58. The minimum atomic E-state index is -0.786. The van der Waals surface area contributed by atoms with Crippen molar-refractivity contribution in [1.82, 2.24) is 4.90 Å². The van der Waals surface area contributed by atoms with Crippen molar-refractivity contribution in [3.8, 4) is 0 Å². The second-order valence-electron chi connectivity index (χ2n) is 5.58. The number of nitrogens with two attached hydrogens (primary N) is 1. The molecule has 0 amide bonds. The minimum Gasteiger partial charge on any atom is -0.328 e. The van der Waals surface area contributed by atoms with Crippen LogP contribution >= 0.6 is 0 Å². The molecule has 0 saturated carbocycles. The van der Waals surface area contributed by atoms with E-state index in [-0.39, 0.29) is 12.1 Å². The molecule has 1 aliphatic rings. The first-order valence-corrected chi connectivity index (χ1v) is 6.93. The molecular weight excluding hydrogens is 246 g/mol. The number of rotatable bonds is 3. The lowest BCUT2D eigenvalue weighted by molar-refractivity contribution is 0.132. The van der Waals surface area contributed by atoms with E-state index in [1.54, 1.807) is 6.07 Å². The molecule has 0 aliphatic carbocycles. The van der Waals surface area contributed by atoms with E-state index in [1.807, 2.05) is 6.92 Å². The molecule has 106 valence electrons. The number of halogens is 2. The average Bonchev–Trinajstić information content (AvgIpc) is 2.41. The summed E-state index contributed by atoms with van der Waals surface area (Å²) in [7, 11) is 0. The Balaban J connectivity index is 2.01. The van der Waals surface area contributed by atoms with Crippen LogP contribution < -0.4 is 5.73 Å². The maximum absolute atomic E-state index is 13.3. The van der Waals surface area contributed by atoms with Gasteiger partial charge < -0.3 is 5.73 Å². The van der Waals surface area contributed by atoms with Gasteiger partial charge in [0, 0.05) is 12.1 Å². The number of nitrogens with zero attached hydrogens (tertiary/aromatic N) is 1. The van der Waals surface area contributed by atoms with Crippen molar-refractivity contribution in [3.63, 3.8) is 0 Å². The van der Waals surface area contributed by atoms with Gasteiger partial charge in [-0.1, -0.05) is 6.07 Å². The Morgan fingerprint density at radius 2 is 1.79 bits per heavy atom. The van der Waals surface area contributed by atoms with Crippen LogP contribution in [-0.2, 0) is 0 Å². The highest BCUT2D eigenvalue weighted by molar-refractivity contribution is 5.21. The van der Waals surface area contributed by atoms with E-state index >= 15 is 0 Å². The second kappa shape index (κ2) is 5.97. The predicted octanol–water partition coefficient (Wildman–Crippen LogP) is 3.09. The van der Waals surface area contributed by atoms with Crippen molar-refractivity contribution in [1.29, 1.82) is 0 Å². The Kier molecular flexibility index (Phi) is 4.53. The summed E-state index contributed by atoms with van der Waals surface area (Å²) in [6.45, 7) is 6.02. The van der Waals surface area contributed by atoms with Crippen LogP contribution in [0.5, 0.6) is 0 Å². The van der Waals surface area contributed by atoms with Gasteiger partial charge in [0.25, 0.3) is 0 Å². The van der Waals surface area contributed by atoms with Crippen LogP contribution in [0.4, 0.5) is 8.78 Å². The molecule has 2 N–H and O–H groups in total. The highest BCUT2D eigenvalue weighted by Crippen LogP contribution is 2.28. The Hall–Kier alpha value is -1.00. The lowest BCUT2D eigenvalue weighted by atomic mass is 9.90. The predicted molar refractivity (Wildman–Crippen MR) is 72.7 cm³/mol. The van der Waals surface area contributed by atoms with Crippen molar-refractivity contribution < 1.29 is 8.78 Å². The zero-order chi connectivity index (χ0) is 14.0. The van der Waals surface area contributed by atoms with Crippen molar-refractivity contribution >= 4 is 0 Å². The smallest absolute Gasteiger partial charge is 0.159 e. The molecule has 2 rings (SSSR count). The Bertz CT molecular complexity index is 426. The van der Waals surface area contributed by atoms with Gasteiger partial charge in [-0.25, -0.2) is 8.78 Å². The van der Waals surface area contributed by atoms with Gasteiger partial charge in [0.1, 0.15) is 0 Å². The molecule has 1 aromatic rings. The number of hydrogen-bond donors (Lipinski definition) is 1. The van der Waals surface area contributed by atoms with Gasteiger partial charge in [0.05, 0.1) is 0 Å². The topological polar surface area (TPSA) is 29.3 Å². The molecule has 4 heteroatoms. The van der Waals surface area contributed by atoms with Crippen molar-refractivity contribution in [2.75, 3.05) is 13.1 Å². The molecule has 0 spiro atoms. The molecule has 0 radical (unpaired) electrons. The fourth-order valence-corrected chi connectivity index (χ4v) is 2.82. The highest BCUT2D eigenvalue weighted by Gasteiger charge is 2.25. The maximum Gasteiger partial charge on any atom is 0.159 e. The zero-order valence-electron chi connectivity index (χ0n) is 11.6. The molecule has 2 nitrogen and oxygen atoms in total.